The Morgan fingerprint density at radius 3 is 2.87 bits per heavy atom. The Balaban J connectivity index is 1.47. The Kier molecular flexibility index (Phi) is 4.51. The molecule has 30 heavy (non-hydrogen) atoms. The van der Waals surface area contributed by atoms with Gasteiger partial charge in [-0.2, -0.15) is 0 Å². The van der Waals surface area contributed by atoms with Crippen LogP contribution in [-0.2, 0) is 0 Å². The van der Waals surface area contributed by atoms with Gasteiger partial charge in [0.15, 0.2) is 11.5 Å². The molecule has 1 aliphatic heterocycles. The first kappa shape index (κ1) is 18.4. The first-order valence-electron chi connectivity index (χ1n) is 9.75. The van der Waals surface area contributed by atoms with Gasteiger partial charge < -0.3 is 20.4 Å². The molecule has 0 bridgehead atoms. The van der Waals surface area contributed by atoms with Crippen molar-refractivity contribution in [1.29, 1.82) is 0 Å². The van der Waals surface area contributed by atoms with E-state index in [-0.39, 0.29) is 11.6 Å². The lowest BCUT2D eigenvalue weighted by atomic mass is 10.1. The minimum Gasteiger partial charge on any atom is -0.379 e. The molecule has 0 aliphatic carbocycles. The van der Waals surface area contributed by atoms with Gasteiger partial charge in [0.05, 0.1) is 22.6 Å². The third-order valence-electron chi connectivity index (χ3n) is 5.17. The quantitative estimate of drug-likeness (QED) is 0.483. The number of aryl methyl sites for hydroxylation is 1. The first-order chi connectivity index (χ1) is 14.6. The van der Waals surface area contributed by atoms with Crippen molar-refractivity contribution in [3.8, 4) is 0 Å². The maximum atomic E-state index is 14.3. The molecule has 4 aromatic rings. The van der Waals surface area contributed by atoms with Gasteiger partial charge in [0.2, 0.25) is 0 Å². The molecule has 8 nitrogen and oxygen atoms in total. The molecule has 1 aliphatic rings. The van der Waals surface area contributed by atoms with Gasteiger partial charge in [-0.05, 0) is 32.0 Å². The van der Waals surface area contributed by atoms with Crippen LogP contribution in [0.2, 0.25) is 0 Å². The zero-order valence-corrected chi connectivity index (χ0v) is 16.3. The molecule has 0 saturated carbocycles. The van der Waals surface area contributed by atoms with E-state index < -0.39 is 5.82 Å². The molecule has 1 amide bonds. The minimum absolute atomic E-state index is 0.221. The molecular formula is C21H20FN7O. The van der Waals surface area contributed by atoms with E-state index in [1.165, 1.54) is 6.07 Å². The third kappa shape index (κ3) is 3.33. The molecule has 1 atom stereocenters. The maximum Gasteiger partial charge on any atom is 0.257 e. The van der Waals surface area contributed by atoms with Gasteiger partial charge in [-0.25, -0.2) is 9.37 Å². The molecule has 1 fully saturated rings. The molecule has 5 rings (SSSR count). The number of hydrogen-bond acceptors (Lipinski definition) is 6. The second kappa shape index (κ2) is 7.34. The number of carbonyl (C=O) groups is 1. The van der Waals surface area contributed by atoms with Crippen molar-refractivity contribution in [1.82, 2.24) is 24.7 Å². The number of hydrogen-bond donors (Lipinski definition) is 3. The van der Waals surface area contributed by atoms with Crippen LogP contribution in [0, 0.1) is 12.7 Å². The van der Waals surface area contributed by atoms with Crippen molar-refractivity contribution in [2.75, 3.05) is 23.7 Å². The highest BCUT2D eigenvalue weighted by atomic mass is 19.1. The highest BCUT2D eigenvalue weighted by molar-refractivity contribution is 6.13. The number of aromatic nitrogens is 4. The van der Waals surface area contributed by atoms with Crippen molar-refractivity contribution in [2.24, 2.45) is 0 Å². The standard InChI is InChI=1S/C21H20FN7O/c1-12-10-29-11-14(8-16(22)20(29)26-12)28-21(30)15-2-3-17(27-13-4-5-23-9-13)19-18(15)24-6-7-25-19/h2-3,6-8,10-11,13,23,27H,4-5,9H2,1H3,(H,28,30). The van der Waals surface area contributed by atoms with Gasteiger partial charge in [0.1, 0.15) is 11.0 Å². The molecule has 3 aromatic heterocycles. The van der Waals surface area contributed by atoms with Crippen molar-refractivity contribution in [3.63, 3.8) is 0 Å². The summed E-state index contributed by atoms with van der Waals surface area (Å²) in [6.45, 7) is 3.64. The first-order valence-corrected chi connectivity index (χ1v) is 9.75. The largest absolute Gasteiger partial charge is 0.379 e. The number of imidazole rings is 1. The van der Waals surface area contributed by atoms with E-state index in [9.17, 15) is 9.18 Å². The van der Waals surface area contributed by atoms with Gasteiger partial charge in [-0.1, -0.05) is 0 Å². The molecule has 9 heteroatoms. The highest BCUT2D eigenvalue weighted by Gasteiger charge is 2.19. The predicted molar refractivity (Wildman–Crippen MR) is 112 cm³/mol. The van der Waals surface area contributed by atoms with Gasteiger partial charge in [0.25, 0.3) is 5.91 Å². The lowest BCUT2D eigenvalue weighted by Crippen LogP contribution is -2.22. The summed E-state index contributed by atoms with van der Waals surface area (Å²) in [6, 6.07) is 5.13. The van der Waals surface area contributed by atoms with Crippen LogP contribution < -0.4 is 16.0 Å². The lowest BCUT2D eigenvalue weighted by molar-refractivity contribution is 0.102. The van der Waals surface area contributed by atoms with Crippen LogP contribution in [0.1, 0.15) is 22.5 Å². The second-order valence-corrected chi connectivity index (χ2v) is 7.39. The van der Waals surface area contributed by atoms with Gasteiger partial charge in [-0.15, -0.1) is 0 Å². The second-order valence-electron chi connectivity index (χ2n) is 7.39. The monoisotopic (exact) mass is 405 g/mol. The number of anilines is 2. The number of benzene rings is 1. The molecule has 3 N–H and O–H groups in total. The summed E-state index contributed by atoms with van der Waals surface area (Å²) in [4.78, 5) is 25.9. The minimum atomic E-state index is -0.504. The fraction of sp³-hybridized carbons (Fsp3) is 0.238. The lowest BCUT2D eigenvalue weighted by Gasteiger charge is -2.15. The number of rotatable bonds is 4. The molecular weight excluding hydrogens is 385 g/mol. The van der Waals surface area contributed by atoms with Crippen molar-refractivity contribution in [2.45, 2.75) is 19.4 Å². The zero-order valence-electron chi connectivity index (χ0n) is 16.3. The van der Waals surface area contributed by atoms with Crippen LogP contribution >= 0.6 is 0 Å². The fourth-order valence-electron chi connectivity index (χ4n) is 3.80. The average Bonchev–Trinajstić information content (AvgIpc) is 3.37. The Morgan fingerprint density at radius 2 is 2.07 bits per heavy atom. The van der Waals surface area contributed by atoms with E-state index in [2.05, 4.69) is 30.9 Å². The van der Waals surface area contributed by atoms with Crippen LogP contribution in [0.25, 0.3) is 16.7 Å². The van der Waals surface area contributed by atoms with Crippen LogP contribution in [0.3, 0.4) is 0 Å². The molecule has 4 heterocycles. The number of fused-ring (bicyclic) bond motifs is 2. The SMILES string of the molecule is Cc1cn2cc(NC(=O)c3ccc(NC4CCNC4)c4nccnc34)cc(F)c2n1. The van der Waals surface area contributed by atoms with Crippen LogP contribution in [0.15, 0.2) is 43.0 Å². The zero-order chi connectivity index (χ0) is 20.7. The fourth-order valence-corrected chi connectivity index (χ4v) is 3.80. The van der Waals surface area contributed by atoms with Crippen molar-refractivity contribution in [3.05, 3.63) is 60.1 Å². The van der Waals surface area contributed by atoms with E-state index in [4.69, 9.17) is 0 Å². The number of nitrogens with zero attached hydrogens (tertiary/aromatic N) is 4. The van der Waals surface area contributed by atoms with Crippen molar-refractivity contribution >= 4 is 34.0 Å². The van der Waals surface area contributed by atoms with Gasteiger partial charge in [-0.3, -0.25) is 14.8 Å². The molecule has 0 spiro atoms. The summed E-state index contributed by atoms with van der Waals surface area (Å²) >= 11 is 0. The van der Waals surface area contributed by atoms with E-state index in [1.54, 1.807) is 42.2 Å². The summed E-state index contributed by atoms with van der Waals surface area (Å²) in [7, 11) is 0. The third-order valence-corrected chi connectivity index (χ3v) is 5.17. The average molecular weight is 405 g/mol. The Bertz CT molecular complexity index is 1260. The van der Waals surface area contributed by atoms with E-state index in [1.807, 2.05) is 6.07 Å². The molecule has 1 unspecified atom stereocenters. The molecule has 1 saturated heterocycles. The van der Waals surface area contributed by atoms with E-state index in [0.717, 1.165) is 25.2 Å². The highest BCUT2D eigenvalue weighted by Crippen LogP contribution is 2.26. The van der Waals surface area contributed by atoms with Crippen molar-refractivity contribution < 1.29 is 9.18 Å². The Hall–Kier alpha value is -3.59. The van der Waals surface area contributed by atoms with Crippen LogP contribution in [0.5, 0.6) is 0 Å². The Labute approximate surface area is 171 Å². The summed E-state index contributed by atoms with van der Waals surface area (Å²) in [5, 5.41) is 9.55. The molecule has 0 radical (unpaired) electrons. The summed E-state index contributed by atoms with van der Waals surface area (Å²) < 4.78 is 15.9. The summed E-state index contributed by atoms with van der Waals surface area (Å²) in [5.74, 6) is -0.888. The van der Waals surface area contributed by atoms with E-state index >= 15 is 0 Å². The van der Waals surface area contributed by atoms with Crippen LogP contribution in [0.4, 0.5) is 15.8 Å². The Morgan fingerprint density at radius 1 is 1.23 bits per heavy atom. The normalized spacial score (nSPS) is 16.3. The number of carbonyl (C=O) groups excluding carboxylic acids is 1. The van der Waals surface area contributed by atoms with Gasteiger partial charge in [0, 0.05) is 43.4 Å². The van der Waals surface area contributed by atoms with Crippen LogP contribution in [-0.4, -0.2) is 44.4 Å². The molecule has 152 valence electrons. The number of nitrogens with one attached hydrogen (secondary N) is 3. The summed E-state index contributed by atoms with van der Waals surface area (Å²) in [6.07, 6.45) is 7.51. The van der Waals surface area contributed by atoms with Gasteiger partial charge >= 0.3 is 0 Å². The summed E-state index contributed by atoms with van der Waals surface area (Å²) in [5.41, 5.74) is 3.58. The predicted octanol–water partition coefficient (Wildman–Crippen LogP) is 2.75. The number of amides is 1. The smallest absolute Gasteiger partial charge is 0.257 e. The molecule has 1 aromatic carbocycles. The number of halogens is 1. The number of pyridine rings is 1. The maximum absolute atomic E-state index is 14.3. The topological polar surface area (TPSA) is 96.2 Å². The van der Waals surface area contributed by atoms with E-state index in [0.29, 0.717) is 34.0 Å².